The van der Waals surface area contributed by atoms with E-state index in [1.165, 1.54) is 11.6 Å². The van der Waals surface area contributed by atoms with Crippen molar-refractivity contribution in [2.24, 2.45) is 0 Å². The number of unbranched alkanes of at least 4 members (excludes halogenated alkanes) is 1. The Kier molecular flexibility index (Phi) is 11.7. The van der Waals surface area contributed by atoms with Crippen molar-refractivity contribution < 1.29 is 33.0 Å². The molecule has 0 radical (unpaired) electrons. The number of alkyl carbamates (subject to hydrolysis) is 1. The van der Waals surface area contributed by atoms with Crippen molar-refractivity contribution in [1.29, 1.82) is 0 Å². The molecule has 3 rings (SSSR count). The molecule has 208 valence electrons. The van der Waals surface area contributed by atoms with Crippen molar-refractivity contribution in [3.8, 4) is 0 Å². The van der Waals surface area contributed by atoms with Crippen LogP contribution in [0.1, 0.15) is 42.5 Å². The summed E-state index contributed by atoms with van der Waals surface area (Å²) in [7, 11) is 1.60. The van der Waals surface area contributed by atoms with Crippen LogP contribution in [0, 0.1) is 11.6 Å². The van der Waals surface area contributed by atoms with E-state index in [0.717, 1.165) is 68.8 Å². The third-order valence-corrected chi connectivity index (χ3v) is 6.45. The maximum Gasteiger partial charge on any atom is 0.408 e. The number of carbonyl (C=O) groups is 2. The first kappa shape index (κ1) is 29.2. The summed E-state index contributed by atoms with van der Waals surface area (Å²) in [4.78, 5) is 30.7. The summed E-state index contributed by atoms with van der Waals surface area (Å²) >= 11 is 0. The number of anilines is 1. The van der Waals surface area contributed by atoms with Crippen LogP contribution in [0.15, 0.2) is 30.3 Å². The molecule has 2 heterocycles. The minimum absolute atomic E-state index is 0.125. The zero-order valence-corrected chi connectivity index (χ0v) is 21.7. The van der Waals surface area contributed by atoms with Crippen molar-refractivity contribution in [1.82, 2.24) is 15.2 Å². The Morgan fingerprint density at radius 1 is 1.16 bits per heavy atom. The fourth-order valence-corrected chi connectivity index (χ4v) is 4.27. The standard InChI is InChI=1S/C27H36F2N4O5/c1-37-17-16-33(14-3-2-7-20-11-10-19-6-5-13-30-25(19)31-20)15-12-24(26(34)35)32-27(36)38-18-21-22(28)8-4-9-23(21)29/h4,8-11,24H,2-3,5-7,12-18H2,1H3,(H,30,31)(H,32,36)(H,34,35)/t24-/m0/s1. The molecule has 0 aliphatic carbocycles. The minimum Gasteiger partial charge on any atom is -0.480 e. The molecular weight excluding hydrogens is 498 g/mol. The molecule has 2 aromatic rings. The number of halogens is 2. The lowest BCUT2D eigenvalue weighted by Gasteiger charge is -2.24. The highest BCUT2D eigenvalue weighted by Gasteiger charge is 2.22. The molecule has 1 aromatic heterocycles. The SMILES string of the molecule is COCCN(CCCCc1ccc2c(n1)NCCC2)CC[C@H](NC(=O)OCc1c(F)cccc1F)C(=O)O. The fourth-order valence-electron chi connectivity index (χ4n) is 4.27. The number of hydrogen-bond donors (Lipinski definition) is 3. The van der Waals surface area contributed by atoms with Crippen LogP contribution in [0.5, 0.6) is 0 Å². The predicted molar refractivity (Wildman–Crippen MR) is 138 cm³/mol. The van der Waals surface area contributed by atoms with Crippen molar-refractivity contribution in [3.05, 3.63) is 58.8 Å². The molecule has 0 saturated heterocycles. The molecule has 0 fully saturated rings. The van der Waals surface area contributed by atoms with Gasteiger partial charge in [-0.2, -0.15) is 0 Å². The molecule has 0 saturated carbocycles. The summed E-state index contributed by atoms with van der Waals surface area (Å²) in [6, 6.07) is 6.31. The van der Waals surface area contributed by atoms with Crippen LogP contribution in [0.25, 0.3) is 0 Å². The Labute approximate surface area is 221 Å². The first-order valence-corrected chi connectivity index (χ1v) is 12.9. The number of aromatic nitrogens is 1. The summed E-state index contributed by atoms with van der Waals surface area (Å²) in [5.41, 5.74) is 1.91. The number of amides is 1. The van der Waals surface area contributed by atoms with Gasteiger partial charge >= 0.3 is 12.1 Å². The van der Waals surface area contributed by atoms with Crippen molar-refractivity contribution >= 4 is 17.9 Å². The van der Waals surface area contributed by atoms with Crippen molar-refractivity contribution in [2.45, 2.75) is 51.2 Å². The van der Waals surface area contributed by atoms with E-state index in [4.69, 9.17) is 14.5 Å². The predicted octanol–water partition coefficient (Wildman–Crippen LogP) is 3.76. The number of carboxylic acids is 1. The summed E-state index contributed by atoms with van der Waals surface area (Å²) < 4.78 is 37.5. The average molecular weight is 535 g/mol. The molecule has 9 nitrogen and oxygen atoms in total. The fraction of sp³-hybridized carbons (Fsp3) is 0.519. The van der Waals surface area contributed by atoms with Gasteiger partial charge < -0.3 is 30.1 Å². The molecule has 1 aliphatic rings. The number of ether oxygens (including phenoxy) is 2. The molecule has 0 unspecified atom stereocenters. The summed E-state index contributed by atoms with van der Waals surface area (Å²) in [5.74, 6) is -1.93. The monoisotopic (exact) mass is 534 g/mol. The number of hydrogen-bond acceptors (Lipinski definition) is 7. The normalized spacial score (nSPS) is 13.5. The third kappa shape index (κ3) is 9.21. The average Bonchev–Trinajstić information content (AvgIpc) is 2.90. The highest BCUT2D eigenvalue weighted by Crippen LogP contribution is 2.20. The number of nitrogens with one attached hydrogen (secondary N) is 2. The maximum absolute atomic E-state index is 13.7. The van der Waals surface area contributed by atoms with E-state index in [1.807, 2.05) is 0 Å². The topological polar surface area (TPSA) is 113 Å². The maximum atomic E-state index is 13.7. The Morgan fingerprint density at radius 2 is 1.95 bits per heavy atom. The number of fused-ring (bicyclic) bond motifs is 1. The third-order valence-electron chi connectivity index (χ3n) is 6.45. The molecule has 0 bridgehead atoms. The van der Waals surface area contributed by atoms with Gasteiger partial charge in [-0.25, -0.2) is 23.4 Å². The molecule has 1 aromatic carbocycles. The first-order chi connectivity index (χ1) is 18.4. The van der Waals surface area contributed by atoms with Gasteiger partial charge in [0.2, 0.25) is 0 Å². The van der Waals surface area contributed by atoms with Crippen LogP contribution >= 0.6 is 0 Å². The van der Waals surface area contributed by atoms with Crippen LogP contribution in [-0.4, -0.2) is 73.0 Å². The second-order valence-electron chi connectivity index (χ2n) is 9.23. The van der Waals surface area contributed by atoms with E-state index in [9.17, 15) is 23.5 Å². The molecule has 1 atom stereocenters. The van der Waals surface area contributed by atoms with E-state index >= 15 is 0 Å². The van der Waals surface area contributed by atoms with E-state index < -0.39 is 41.9 Å². The van der Waals surface area contributed by atoms with Crippen LogP contribution in [0.4, 0.5) is 19.4 Å². The van der Waals surface area contributed by atoms with Gasteiger partial charge in [0.1, 0.15) is 30.1 Å². The lowest BCUT2D eigenvalue weighted by molar-refractivity contribution is -0.139. The molecular formula is C27H36F2N4O5. The van der Waals surface area contributed by atoms with Crippen LogP contribution in [-0.2, 0) is 33.7 Å². The van der Waals surface area contributed by atoms with E-state index in [-0.39, 0.29) is 6.42 Å². The van der Waals surface area contributed by atoms with Crippen LogP contribution in [0.2, 0.25) is 0 Å². The molecule has 38 heavy (non-hydrogen) atoms. The zero-order valence-electron chi connectivity index (χ0n) is 21.7. The van der Waals surface area contributed by atoms with E-state index in [0.29, 0.717) is 19.7 Å². The number of aliphatic carboxylic acids is 1. The number of methoxy groups -OCH3 is 1. The van der Waals surface area contributed by atoms with E-state index in [1.54, 1.807) is 7.11 Å². The Hall–Kier alpha value is -3.31. The first-order valence-electron chi connectivity index (χ1n) is 12.9. The van der Waals surface area contributed by atoms with Gasteiger partial charge in [-0.1, -0.05) is 12.1 Å². The smallest absolute Gasteiger partial charge is 0.408 e. The number of aryl methyl sites for hydroxylation is 2. The van der Waals surface area contributed by atoms with Gasteiger partial charge in [-0.3, -0.25) is 0 Å². The second kappa shape index (κ2) is 15.2. The van der Waals surface area contributed by atoms with Crippen molar-refractivity contribution in [2.75, 3.05) is 45.2 Å². The Balaban J connectivity index is 1.44. The van der Waals surface area contributed by atoms with Crippen LogP contribution < -0.4 is 10.6 Å². The number of rotatable bonds is 15. The number of benzene rings is 1. The largest absolute Gasteiger partial charge is 0.480 e. The molecule has 11 heteroatoms. The molecule has 0 spiro atoms. The Bertz CT molecular complexity index is 1050. The number of carbonyl (C=O) groups excluding carboxylic acids is 1. The summed E-state index contributed by atoms with van der Waals surface area (Å²) in [6.07, 6.45) is 3.90. The van der Waals surface area contributed by atoms with Gasteiger partial charge in [0.25, 0.3) is 0 Å². The number of nitrogens with zero attached hydrogens (tertiary/aromatic N) is 2. The van der Waals surface area contributed by atoms with Gasteiger partial charge in [-0.05, 0) is 68.8 Å². The minimum atomic E-state index is -1.22. The molecule has 1 aliphatic heterocycles. The lowest BCUT2D eigenvalue weighted by Crippen LogP contribution is -2.43. The zero-order chi connectivity index (χ0) is 27.3. The highest BCUT2D eigenvalue weighted by atomic mass is 19.1. The Morgan fingerprint density at radius 3 is 2.68 bits per heavy atom. The van der Waals surface area contributed by atoms with Crippen molar-refractivity contribution in [3.63, 3.8) is 0 Å². The van der Waals surface area contributed by atoms with Gasteiger partial charge in [0, 0.05) is 32.4 Å². The number of pyridine rings is 1. The van der Waals surface area contributed by atoms with Gasteiger partial charge in [0.05, 0.1) is 12.2 Å². The van der Waals surface area contributed by atoms with Gasteiger partial charge in [-0.15, -0.1) is 0 Å². The molecule has 3 N–H and O–H groups in total. The lowest BCUT2D eigenvalue weighted by atomic mass is 10.1. The second-order valence-corrected chi connectivity index (χ2v) is 9.23. The van der Waals surface area contributed by atoms with E-state index in [2.05, 4.69) is 27.7 Å². The highest BCUT2D eigenvalue weighted by molar-refractivity contribution is 5.79. The number of carboxylic acid groups (broad SMARTS) is 1. The van der Waals surface area contributed by atoms with Gasteiger partial charge in [0.15, 0.2) is 0 Å². The summed E-state index contributed by atoms with van der Waals surface area (Å²) in [6.45, 7) is 2.54. The quantitative estimate of drug-likeness (QED) is 0.296. The van der Waals surface area contributed by atoms with Crippen LogP contribution in [0.3, 0.4) is 0 Å². The molecule has 1 amide bonds. The summed E-state index contributed by atoms with van der Waals surface area (Å²) in [5, 5.41) is 15.2.